The highest BCUT2D eigenvalue weighted by Crippen LogP contribution is 2.26. The summed E-state index contributed by atoms with van der Waals surface area (Å²) >= 11 is 0. The van der Waals surface area contributed by atoms with Crippen LogP contribution >= 0.6 is 0 Å². The van der Waals surface area contributed by atoms with Gasteiger partial charge in [-0.15, -0.1) is 0 Å². The lowest BCUT2D eigenvalue weighted by molar-refractivity contribution is -0.164. The van der Waals surface area contributed by atoms with Gasteiger partial charge in [0.05, 0.1) is 18.8 Å². The molecule has 4 saturated heterocycles. The number of azide groups is 1. The van der Waals surface area contributed by atoms with Crippen LogP contribution in [0.2, 0.25) is 0 Å². The summed E-state index contributed by atoms with van der Waals surface area (Å²) in [6, 6.07) is 0. The zero-order chi connectivity index (χ0) is 37.0. The van der Waals surface area contributed by atoms with Crippen molar-refractivity contribution in [3.63, 3.8) is 0 Å². The normalized spacial score (nSPS) is 41.1. The smallest absolute Gasteiger partial charge is 0.338 e. The van der Waals surface area contributed by atoms with E-state index in [9.17, 15) is 60.0 Å². The summed E-state index contributed by atoms with van der Waals surface area (Å²) in [6.45, 7) is 1.40. The molecule has 4 heterocycles. The molecule has 282 valence electrons. The van der Waals surface area contributed by atoms with Crippen molar-refractivity contribution in [3.8, 4) is 0 Å². The Morgan fingerprint density at radius 1 is 0.600 bits per heavy atom. The molecule has 11 N–H and O–H groups in total. The minimum absolute atomic E-state index is 0.353. The monoisotopic (exact) mass is 722 g/mol. The maximum Gasteiger partial charge on any atom is 0.338 e. The van der Waals surface area contributed by atoms with Gasteiger partial charge >= 0.3 is 5.97 Å². The van der Waals surface area contributed by atoms with E-state index in [4.69, 9.17) is 29.2 Å². The summed E-state index contributed by atoms with van der Waals surface area (Å²) in [7, 11) is 0. The predicted molar refractivity (Wildman–Crippen MR) is 157 cm³/mol. The van der Waals surface area contributed by atoms with Crippen molar-refractivity contribution in [1.29, 1.82) is 0 Å². The zero-order valence-corrected chi connectivity index (χ0v) is 26.7. The number of rotatable bonds is 13. The van der Waals surface area contributed by atoms with E-state index in [1.165, 1.54) is 0 Å². The molecular weight excluding hydrogens is 680 g/mol. The van der Waals surface area contributed by atoms with Crippen molar-refractivity contribution in [1.82, 2.24) is 16.0 Å². The van der Waals surface area contributed by atoms with Crippen molar-refractivity contribution >= 4 is 23.7 Å². The summed E-state index contributed by atoms with van der Waals surface area (Å²) in [4.78, 5) is 52.8. The second-order valence-electron chi connectivity index (χ2n) is 12.4. The number of carbonyl (C=O) groups excluding carboxylic acids is 4. The summed E-state index contributed by atoms with van der Waals surface area (Å²) in [5, 5.41) is 92.4. The maximum absolute atomic E-state index is 12.8. The summed E-state index contributed by atoms with van der Waals surface area (Å²) < 4.78 is 26.4. The standard InChI is InChI=1S/C27H42N6O17/c1-7(2)46-27(45)23-19(41)14(36)10(50-23)5-31-25(43)21-17(39)12(34)8(48-21)3-29-24(42)20-16(38)13(35)9(47-20)4-30-26(44)22-18(40)15(37)11(49-22)6-32-33-28/h7-23,34-41H,3-6H2,1-2H3,(H,29,42)(H,30,44)(H,31,43)/t8-,9-,10-,11-,12-,13-,14-,15-,16-,17-,18-,19-,20-,21-,22-,23-/m1/s1. The average Bonchev–Trinajstić information content (AvgIpc) is 3.73. The Balaban J connectivity index is 1.22. The Morgan fingerprint density at radius 3 is 1.28 bits per heavy atom. The third-order valence-electron chi connectivity index (χ3n) is 8.57. The fourth-order valence-electron chi connectivity index (χ4n) is 5.82. The van der Waals surface area contributed by atoms with E-state index in [0.717, 1.165) is 0 Å². The number of hydrogen-bond acceptors (Lipinski definition) is 18. The fourth-order valence-corrected chi connectivity index (χ4v) is 5.82. The van der Waals surface area contributed by atoms with Crippen LogP contribution in [-0.4, -0.2) is 194 Å². The number of aliphatic hydroxyl groups excluding tert-OH is 8. The Hall–Kier alpha value is -3.29. The molecule has 0 radical (unpaired) electrons. The van der Waals surface area contributed by atoms with Gasteiger partial charge in [-0.3, -0.25) is 14.4 Å². The Labute approximate surface area is 283 Å². The highest BCUT2D eigenvalue weighted by molar-refractivity contribution is 5.83. The molecule has 16 atom stereocenters. The lowest BCUT2D eigenvalue weighted by Crippen LogP contribution is -2.47. The summed E-state index contributed by atoms with van der Waals surface area (Å²) in [5.41, 5.74) is 8.43. The molecule has 23 heteroatoms. The van der Waals surface area contributed by atoms with Crippen molar-refractivity contribution in [2.45, 2.75) is 118 Å². The molecule has 0 bridgehead atoms. The van der Waals surface area contributed by atoms with Gasteiger partial charge in [-0.05, 0) is 19.4 Å². The predicted octanol–water partition coefficient (Wildman–Crippen LogP) is -7.45. The number of nitrogens with one attached hydrogen (secondary N) is 3. The molecular formula is C27H42N6O17. The number of amides is 3. The van der Waals surface area contributed by atoms with E-state index < -0.39 is 147 Å². The molecule has 4 aliphatic heterocycles. The molecule has 3 amide bonds. The van der Waals surface area contributed by atoms with Crippen LogP contribution in [0, 0.1) is 0 Å². The molecule has 0 unspecified atom stereocenters. The van der Waals surface area contributed by atoms with Gasteiger partial charge in [0.1, 0.15) is 67.1 Å². The first-order valence-electron chi connectivity index (χ1n) is 15.7. The minimum atomic E-state index is -1.78. The van der Waals surface area contributed by atoms with E-state index in [1.54, 1.807) is 13.8 Å². The quantitative estimate of drug-likeness (QED) is 0.0364. The molecule has 4 aliphatic rings. The van der Waals surface area contributed by atoms with Crippen LogP contribution in [0.3, 0.4) is 0 Å². The number of carbonyl (C=O) groups is 4. The van der Waals surface area contributed by atoms with Gasteiger partial charge in [-0.25, -0.2) is 4.79 Å². The largest absolute Gasteiger partial charge is 0.461 e. The lowest BCUT2D eigenvalue weighted by Gasteiger charge is -2.19. The topological polar surface area (TPSA) is 361 Å². The Kier molecular flexibility index (Phi) is 13.3. The third kappa shape index (κ3) is 8.59. The molecule has 0 aromatic rings. The first-order chi connectivity index (χ1) is 23.6. The molecule has 0 aromatic heterocycles. The number of esters is 1. The average molecular weight is 723 g/mol. The van der Waals surface area contributed by atoms with E-state index in [2.05, 4.69) is 26.0 Å². The van der Waals surface area contributed by atoms with Crippen LogP contribution in [0.25, 0.3) is 10.4 Å². The van der Waals surface area contributed by atoms with Crippen LogP contribution in [0.4, 0.5) is 0 Å². The van der Waals surface area contributed by atoms with Crippen molar-refractivity contribution in [2.75, 3.05) is 26.2 Å². The number of nitrogens with zero attached hydrogens (tertiary/aromatic N) is 3. The molecule has 4 rings (SSSR count). The fraction of sp³-hybridized carbons (Fsp3) is 0.852. The Morgan fingerprint density at radius 2 is 0.920 bits per heavy atom. The highest BCUT2D eigenvalue weighted by atomic mass is 16.6. The molecule has 0 saturated carbocycles. The van der Waals surface area contributed by atoms with E-state index in [-0.39, 0.29) is 6.54 Å². The van der Waals surface area contributed by atoms with E-state index in [1.807, 2.05) is 0 Å². The first kappa shape index (κ1) is 39.5. The van der Waals surface area contributed by atoms with Crippen LogP contribution in [0.1, 0.15) is 13.8 Å². The maximum atomic E-state index is 12.8. The van der Waals surface area contributed by atoms with E-state index in [0.29, 0.717) is 0 Å². The van der Waals surface area contributed by atoms with Crippen molar-refractivity contribution in [3.05, 3.63) is 10.4 Å². The summed E-state index contributed by atoms with van der Waals surface area (Å²) in [5.74, 6) is -3.78. The number of aliphatic hydroxyl groups is 8. The molecule has 23 nitrogen and oxygen atoms in total. The van der Waals surface area contributed by atoms with Crippen molar-refractivity contribution in [2.24, 2.45) is 5.11 Å². The van der Waals surface area contributed by atoms with Gasteiger partial charge in [-0.1, -0.05) is 5.11 Å². The van der Waals surface area contributed by atoms with Crippen LogP contribution in [0.15, 0.2) is 5.11 Å². The number of ether oxygens (including phenoxy) is 5. The molecule has 0 spiro atoms. The summed E-state index contributed by atoms with van der Waals surface area (Å²) in [6.07, 6.45) is -25.3. The van der Waals surface area contributed by atoms with Gasteiger partial charge in [0.15, 0.2) is 24.4 Å². The second-order valence-corrected chi connectivity index (χ2v) is 12.4. The number of hydrogen-bond donors (Lipinski definition) is 11. The van der Waals surface area contributed by atoms with Gasteiger partial charge in [0.25, 0.3) is 17.7 Å². The van der Waals surface area contributed by atoms with Crippen LogP contribution in [-0.2, 0) is 42.9 Å². The highest BCUT2D eigenvalue weighted by Gasteiger charge is 2.51. The van der Waals surface area contributed by atoms with Gasteiger partial charge in [0, 0.05) is 24.5 Å². The third-order valence-corrected chi connectivity index (χ3v) is 8.57. The van der Waals surface area contributed by atoms with Crippen LogP contribution < -0.4 is 16.0 Å². The minimum Gasteiger partial charge on any atom is -0.461 e. The Bertz CT molecular complexity index is 1290. The van der Waals surface area contributed by atoms with Crippen molar-refractivity contribution < 1.29 is 83.7 Å². The molecule has 0 aromatic carbocycles. The van der Waals surface area contributed by atoms with E-state index >= 15 is 0 Å². The molecule has 0 aliphatic carbocycles. The molecule has 4 fully saturated rings. The zero-order valence-electron chi connectivity index (χ0n) is 26.7. The van der Waals surface area contributed by atoms with Gasteiger partial charge in [0.2, 0.25) is 0 Å². The van der Waals surface area contributed by atoms with Gasteiger partial charge in [-0.2, -0.15) is 0 Å². The molecule has 50 heavy (non-hydrogen) atoms. The second kappa shape index (κ2) is 16.8. The first-order valence-corrected chi connectivity index (χ1v) is 15.7. The van der Waals surface area contributed by atoms with Gasteiger partial charge < -0.3 is 80.5 Å². The van der Waals surface area contributed by atoms with Crippen LogP contribution in [0.5, 0.6) is 0 Å². The SMILES string of the molecule is CC(C)OC(=O)[C@@H]1O[C@H](CNC(=O)[C@@H]2O[C@H](CNC(=O)[C@@H]3O[C@H](CNC(=O)[C@@H]4O[C@H](CN=[N+]=[N-])[C@@H](O)[C@H]4O)[C@@H](O)[C@H]3O)[C@@H](O)[C@H]2O)[C@@H](O)[C@H]1O. The lowest BCUT2D eigenvalue weighted by atomic mass is 10.1.